The lowest BCUT2D eigenvalue weighted by Gasteiger charge is -2.16. The van der Waals surface area contributed by atoms with Gasteiger partial charge in [-0.05, 0) is 41.5 Å². The van der Waals surface area contributed by atoms with Crippen molar-refractivity contribution in [3.05, 3.63) is 52.0 Å². The molecule has 18 heavy (non-hydrogen) atoms. The van der Waals surface area contributed by atoms with Crippen molar-refractivity contribution in [2.75, 3.05) is 7.05 Å². The minimum Gasteiger partial charge on any atom is -0.309 e. The van der Waals surface area contributed by atoms with Gasteiger partial charge in [-0.2, -0.15) is 5.10 Å². The fourth-order valence-electron chi connectivity index (χ4n) is 1.95. The molecule has 0 amide bonds. The van der Waals surface area contributed by atoms with E-state index in [1.165, 1.54) is 6.07 Å². The lowest BCUT2D eigenvalue weighted by atomic mass is 10.0. The van der Waals surface area contributed by atoms with Crippen LogP contribution in [0.15, 0.2) is 35.1 Å². The molecule has 0 aliphatic carbocycles. The summed E-state index contributed by atoms with van der Waals surface area (Å²) >= 11 is 3.30. The van der Waals surface area contributed by atoms with E-state index in [0.717, 1.165) is 17.7 Å². The van der Waals surface area contributed by atoms with Crippen molar-refractivity contribution in [2.45, 2.75) is 19.5 Å². The van der Waals surface area contributed by atoms with E-state index in [1.807, 2.05) is 37.1 Å². The summed E-state index contributed by atoms with van der Waals surface area (Å²) < 4.78 is 15.9. The van der Waals surface area contributed by atoms with Gasteiger partial charge in [0, 0.05) is 18.3 Å². The Kier molecular flexibility index (Phi) is 4.14. The van der Waals surface area contributed by atoms with Gasteiger partial charge in [0.1, 0.15) is 5.82 Å². The van der Waals surface area contributed by atoms with E-state index in [0.29, 0.717) is 4.47 Å². The number of nitrogens with one attached hydrogen (secondary N) is 1. The van der Waals surface area contributed by atoms with Crippen LogP contribution >= 0.6 is 15.9 Å². The highest BCUT2D eigenvalue weighted by molar-refractivity contribution is 9.10. The van der Waals surface area contributed by atoms with E-state index in [2.05, 4.69) is 26.3 Å². The highest BCUT2D eigenvalue weighted by Gasteiger charge is 2.18. The molecule has 2 aromatic rings. The molecule has 0 spiro atoms. The van der Waals surface area contributed by atoms with Crippen LogP contribution in [0.2, 0.25) is 0 Å². The van der Waals surface area contributed by atoms with Gasteiger partial charge in [-0.25, -0.2) is 4.39 Å². The smallest absolute Gasteiger partial charge is 0.137 e. The van der Waals surface area contributed by atoms with Crippen LogP contribution < -0.4 is 5.32 Å². The number of benzene rings is 1. The number of hydrogen-bond acceptors (Lipinski definition) is 2. The Balaban J connectivity index is 2.41. The zero-order valence-corrected chi connectivity index (χ0v) is 11.9. The predicted octanol–water partition coefficient (Wildman–Crippen LogP) is 3.11. The largest absolute Gasteiger partial charge is 0.309 e. The first-order chi connectivity index (χ1) is 8.67. The molecular formula is C13H15BrFN3. The maximum atomic E-state index is 13.6. The van der Waals surface area contributed by atoms with Crippen LogP contribution in [0, 0.1) is 5.82 Å². The summed E-state index contributed by atoms with van der Waals surface area (Å²) in [6.07, 6.45) is 3.78. The van der Waals surface area contributed by atoms with E-state index >= 15 is 0 Å². The van der Waals surface area contributed by atoms with Crippen LogP contribution in [0.3, 0.4) is 0 Å². The maximum Gasteiger partial charge on any atom is 0.137 e. The molecule has 5 heteroatoms. The molecule has 1 unspecified atom stereocenters. The van der Waals surface area contributed by atoms with Gasteiger partial charge in [0.15, 0.2) is 0 Å². The summed E-state index contributed by atoms with van der Waals surface area (Å²) in [5.74, 6) is -0.254. The van der Waals surface area contributed by atoms with Crippen LogP contribution in [-0.4, -0.2) is 16.8 Å². The van der Waals surface area contributed by atoms with E-state index in [9.17, 15) is 4.39 Å². The van der Waals surface area contributed by atoms with Crippen molar-refractivity contribution >= 4 is 15.9 Å². The third-order valence-corrected chi connectivity index (χ3v) is 3.73. The fourth-order valence-corrected chi connectivity index (χ4v) is 2.44. The Bertz CT molecular complexity index is 539. The average molecular weight is 312 g/mol. The number of aromatic nitrogens is 2. The first-order valence-corrected chi connectivity index (χ1v) is 6.60. The standard InChI is InChI=1S/C13H15BrFN3/c1-3-18-8-9(7-17-18)13(16-2)10-5-4-6-11(15)12(10)14/h4-8,13,16H,3H2,1-2H3. The van der Waals surface area contributed by atoms with Gasteiger partial charge in [0.25, 0.3) is 0 Å². The molecule has 0 saturated carbocycles. The molecule has 0 bridgehead atoms. The normalized spacial score (nSPS) is 12.7. The highest BCUT2D eigenvalue weighted by atomic mass is 79.9. The summed E-state index contributed by atoms with van der Waals surface area (Å²) in [7, 11) is 1.85. The summed E-state index contributed by atoms with van der Waals surface area (Å²) in [6.45, 7) is 2.85. The van der Waals surface area contributed by atoms with Crippen molar-refractivity contribution in [3.8, 4) is 0 Å². The van der Waals surface area contributed by atoms with Crippen LogP contribution in [0.1, 0.15) is 24.1 Å². The minimum atomic E-state index is -0.254. The molecule has 96 valence electrons. The lowest BCUT2D eigenvalue weighted by Crippen LogP contribution is -2.18. The second-order valence-corrected chi connectivity index (χ2v) is 4.79. The molecule has 0 saturated heterocycles. The summed E-state index contributed by atoms with van der Waals surface area (Å²) in [6, 6.07) is 4.98. The molecule has 1 aromatic carbocycles. The van der Waals surface area contributed by atoms with E-state index in [-0.39, 0.29) is 11.9 Å². The number of nitrogens with zero attached hydrogens (tertiary/aromatic N) is 2. The highest BCUT2D eigenvalue weighted by Crippen LogP contribution is 2.29. The molecule has 1 heterocycles. The maximum absolute atomic E-state index is 13.6. The zero-order valence-electron chi connectivity index (χ0n) is 10.3. The summed E-state index contributed by atoms with van der Waals surface area (Å²) in [4.78, 5) is 0. The number of rotatable bonds is 4. The SMILES string of the molecule is CCn1cc(C(NC)c2cccc(F)c2Br)cn1. The van der Waals surface area contributed by atoms with Gasteiger partial charge in [-0.3, -0.25) is 4.68 Å². The molecule has 1 N–H and O–H groups in total. The van der Waals surface area contributed by atoms with Crippen LogP contribution in [-0.2, 0) is 6.54 Å². The zero-order chi connectivity index (χ0) is 13.1. The fraction of sp³-hybridized carbons (Fsp3) is 0.308. The Morgan fingerprint density at radius 1 is 1.50 bits per heavy atom. The Morgan fingerprint density at radius 2 is 2.28 bits per heavy atom. The molecule has 0 aliphatic heterocycles. The van der Waals surface area contributed by atoms with E-state index in [1.54, 1.807) is 6.07 Å². The van der Waals surface area contributed by atoms with Crippen LogP contribution in [0.4, 0.5) is 4.39 Å². The predicted molar refractivity (Wildman–Crippen MR) is 72.9 cm³/mol. The molecule has 1 aromatic heterocycles. The molecule has 0 radical (unpaired) electrons. The summed E-state index contributed by atoms with van der Waals surface area (Å²) in [5, 5.41) is 7.44. The second-order valence-electron chi connectivity index (χ2n) is 3.99. The molecule has 1 atom stereocenters. The first-order valence-electron chi connectivity index (χ1n) is 5.81. The Morgan fingerprint density at radius 3 is 2.89 bits per heavy atom. The number of aryl methyl sites for hydroxylation is 1. The third kappa shape index (κ3) is 2.47. The monoisotopic (exact) mass is 311 g/mol. The van der Waals surface area contributed by atoms with Gasteiger partial charge in [0.2, 0.25) is 0 Å². The Hall–Kier alpha value is -1.20. The van der Waals surface area contributed by atoms with Crippen LogP contribution in [0.25, 0.3) is 0 Å². The molecule has 3 nitrogen and oxygen atoms in total. The van der Waals surface area contributed by atoms with Crippen molar-refractivity contribution in [1.82, 2.24) is 15.1 Å². The summed E-state index contributed by atoms with van der Waals surface area (Å²) in [5.41, 5.74) is 1.89. The molecule has 0 aliphatic rings. The van der Waals surface area contributed by atoms with Crippen molar-refractivity contribution in [3.63, 3.8) is 0 Å². The van der Waals surface area contributed by atoms with E-state index < -0.39 is 0 Å². The van der Waals surface area contributed by atoms with Gasteiger partial charge in [-0.1, -0.05) is 12.1 Å². The van der Waals surface area contributed by atoms with Crippen molar-refractivity contribution < 1.29 is 4.39 Å². The Labute approximate surface area is 114 Å². The first kappa shape index (κ1) is 13.2. The van der Waals surface area contributed by atoms with Gasteiger partial charge in [-0.15, -0.1) is 0 Å². The van der Waals surface area contributed by atoms with Crippen LogP contribution in [0.5, 0.6) is 0 Å². The number of hydrogen-bond donors (Lipinski definition) is 1. The molecule has 0 fully saturated rings. The molecule has 2 rings (SSSR count). The minimum absolute atomic E-state index is 0.0737. The quantitative estimate of drug-likeness (QED) is 0.940. The van der Waals surface area contributed by atoms with Gasteiger partial charge in [0.05, 0.1) is 16.7 Å². The van der Waals surface area contributed by atoms with Crippen molar-refractivity contribution in [2.24, 2.45) is 0 Å². The average Bonchev–Trinajstić information content (AvgIpc) is 2.84. The topological polar surface area (TPSA) is 29.9 Å². The lowest BCUT2D eigenvalue weighted by molar-refractivity contribution is 0.607. The third-order valence-electron chi connectivity index (χ3n) is 2.89. The molecular weight excluding hydrogens is 297 g/mol. The van der Waals surface area contributed by atoms with Gasteiger partial charge < -0.3 is 5.32 Å². The van der Waals surface area contributed by atoms with E-state index in [4.69, 9.17) is 0 Å². The van der Waals surface area contributed by atoms with Gasteiger partial charge >= 0.3 is 0 Å². The number of halogens is 2. The van der Waals surface area contributed by atoms with Crippen molar-refractivity contribution in [1.29, 1.82) is 0 Å². The second kappa shape index (κ2) is 5.63.